The van der Waals surface area contributed by atoms with Gasteiger partial charge in [0.15, 0.2) is 15.7 Å². The maximum atomic E-state index is 13.5. The fraction of sp³-hybridized carbons (Fsp3) is 0.217. The van der Waals surface area contributed by atoms with Crippen LogP contribution in [0.25, 0.3) is 27.6 Å². The molecule has 0 aliphatic heterocycles. The largest absolute Gasteiger partial charge is 0.493 e. The highest BCUT2D eigenvalue weighted by Crippen LogP contribution is 2.36. The molecule has 0 amide bonds. The number of hydrogen-bond donors (Lipinski definition) is 0. The first-order valence-electron chi connectivity index (χ1n) is 10.1. The Bertz CT molecular complexity index is 1490. The molecule has 0 saturated heterocycles. The van der Waals surface area contributed by atoms with Gasteiger partial charge >= 0.3 is 0 Å². The normalized spacial score (nSPS) is 11.8. The number of rotatable bonds is 6. The molecule has 0 atom stereocenters. The van der Waals surface area contributed by atoms with Gasteiger partial charge in [-0.2, -0.15) is 5.10 Å². The number of fused-ring (bicyclic) bond motifs is 1. The second-order valence-corrected chi connectivity index (χ2v) is 9.56. The number of sulfone groups is 1. The van der Waals surface area contributed by atoms with Gasteiger partial charge in [-0.25, -0.2) is 17.5 Å². The third-order valence-electron chi connectivity index (χ3n) is 5.26. The number of halogens is 1. The van der Waals surface area contributed by atoms with Crippen LogP contribution < -0.4 is 10.3 Å². The van der Waals surface area contributed by atoms with E-state index in [2.05, 4.69) is 5.10 Å². The zero-order chi connectivity index (χ0) is 23.0. The summed E-state index contributed by atoms with van der Waals surface area (Å²) in [6.07, 6.45) is 3.99. The highest BCUT2D eigenvalue weighted by atomic mass is 32.2. The van der Waals surface area contributed by atoms with Gasteiger partial charge in [0.1, 0.15) is 5.75 Å². The Balaban J connectivity index is 2.06. The molecule has 4 aromatic rings. The molecule has 7 nitrogen and oxygen atoms in total. The molecular formula is C23H22FN3O4S. The Morgan fingerprint density at radius 1 is 1.03 bits per heavy atom. The van der Waals surface area contributed by atoms with Gasteiger partial charge in [-0.15, -0.1) is 0 Å². The van der Waals surface area contributed by atoms with E-state index in [0.29, 0.717) is 39.9 Å². The molecule has 4 rings (SSSR count). The highest BCUT2D eigenvalue weighted by molar-refractivity contribution is 7.91. The molecular weight excluding hydrogens is 433 g/mol. The van der Waals surface area contributed by atoms with Crippen LogP contribution in [0, 0.1) is 5.82 Å². The topological polar surface area (TPSA) is 83.2 Å². The molecule has 32 heavy (non-hydrogen) atoms. The van der Waals surface area contributed by atoms with E-state index in [0.717, 1.165) is 6.20 Å². The van der Waals surface area contributed by atoms with E-state index < -0.39 is 15.7 Å². The lowest BCUT2D eigenvalue weighted by molar-refractivity contribution is 0.341. The van der Waals surface area contributed by atoms with E-state index in [4.69, 9.17) is 4.74 Å². The minimum atomic E-state index is -3.46. The lowest BCUT2D eigenvalue weighted by Gasteiger charge is -2.16. The third-order valence-corrected chi connectivity index (χ3v) is 6.99. The fourth-order valence-corrected chi connectivity index (χ4v) is 4.52. The Morgan fingerprint density at radius 2 is 1.81 bits per heavy atom. The zero-order valence-electron chi connectivity index (χ0n) is 17.9. The van der Waals surface area contributed by atoms with Crippen molar-refractivity contribution >= 4 is 20.6 Å². The first kappa shape index (κ1) is 21.8. The summed E-state index contributed by atoms with van der Waals surface area (Å²) in [4.78, 5) is 13.0. The summed E-state index contributed by atoms with van der Waals surface area (Å²) in [5, 5.41) is 5.01. The van der Waals surface area contributed by atoms with Crippen LogP contribution in [0.4, 0.5) is 4.39 Å². The summed E-state index contributed by atoms with van der Waals surface area (Å²) in [6.45, 7) is 3.81. The summed E-state index contributed by atoms with van der Waals surface area (Å²) in [7, 11) is -1.83. The lowest BCUT2D eigenvalue weighted by Crippen LogP contribution is -2.17. The van der Waals surface area contributed by atoms with Crippen LogP contribution in [0.3, 0.4) is 0 Å². The van der Waals surface area contributed by atoms with Gasteiger partial charge < -0.3 is 9.30 Å². The van der Waals surface area contributed by atoms with Gasteiger partial charge in [-0.05, 0) is 48.7 Å². The van der Waals surface area contributed by atoms with E-state index in [1.165, 1.54) is 21.5 Å². The van der Waals surface area contributed by atoms with Crippen molar-refractivity contribution < 1.29 is 17.5 Å². The Labute approximate surface area is 184 Å². The van der Waals surface area contributed by atoms with Crippen LogP contribution in [0.15, 0.2) is 64.7 Å². The summed E-state index contributed by atoms with van der Waals surface area (Å²) >= 11 is 0. The van der Waals surface area contributed by atoms with Crippen molar-refractivity contribution in [1.29, 1.82) is 0 Å². The Hall–Kier alpha value is -3.46. The van der Waals surface area contributed by atoms with Crippen LogP contribution in [0.1, 0.15) is 13.8 Å². The molecule has 0 unspecified atom stereocenters. The van der Waals surface area contributed by atoms with E-state index in [-0.39, 0.29) is 16.2 Å². The van der Waals surface area contributed by atoms with Crippen LogP contribution in [0.2, 0.25) is 0 Å². The second kappa shape index (κ2) is 8.23. The van der Waals surface area contributed by atoms with Gasteiger partial charge in [0.05, 0.1) is 35.3 Å². The highest BCUT2D eigenvalue weighted by Gasteiger charge is 2.19. The molecule has 0 saturated carbocycles. The number of benzene rings is 2. The lowest BCUT2D eigenvalue weighted by atomic mass is 9.99. The number of aromatic nitrogens is 3. The Kier molecular flexibility index (Phi) is 5.60. The average Bonchev–Trinajstić information content (AvgIpc) is 3.22. The van der Waals surface area contributed by atoms with Crippen molar-refractivity contribution in [2.45, 2.75) is 18.7 Å². The molecule has 0 aliphatic carbocycles. The van der Waals surface area contributed by atoms with E-state index in [1.54, 1.807) is 50.5 Å². The van der Waals surface area contributed by atoms with Crippen molar-refractivity contribution in [2.75, 3.05) is 12.4 Å². The summed E-state index contributed by atoms with van der Waals surface area (Å²) in [5.41, 5.74) is 1.52. The first-order chi connectivity index (χ1) is 15.2. The number of nitrogens with zero attached hydrogens (tertiary/aromatic N) is 3. The Morgan fingerprint density at radius 3 is 2.47 bits per heavy atom. The molecule has 2 aromatic carbocycles. The number of pyridine rings is 1. The van der Waals surface area contributed by atoms with Gasteiger partial charge in [0.2, 0.25) is 0 Å². The fourth-order valence-electron chi connectivity index (χ4n) is 3.61. The predicted molar refractivity (Wildman–Crippen MR) is 121 cm³/mol. The molecule has 0 bridgehead atoms. The molecule has 0 fully saturated rings. The average molecular weight is 456 g/mol. The quantitative estimate of drug-likeness (QED) is 0.443. The smallest absolute Gasteiger partial charge is 0.258 e. The molecule has 9 heteroatoms. The zero-order valence-corrected chi connectivity index (χ0v) is 18.7. The number of aryl methyl sites for hydroxylation is 1. The predicted octanol–water partition coefficient (Wildman–Crippen LogP) is 3.72. The molecule has 0 N–H and O–H groups in total. The van der Waals surface area contributed by atoms with Crippen LogP contribution >= 0.6 is 0 Å². The third kappa shape index (κ3) is 3.80. The van der Waals surface area contributed by atoms with Gasteiger partial charge in [0, 0.05) is 29.8 Å². The monoisotopic (exact) mass is 455 g/mol. The molecule has 0 aliphatic rings. The van der Waals surface area contributed by atoms with Crippen molar-refractivity contribution in [1.82, 2.24) is 14.3 Å². The maximum absolute atomic E-state index is 13.5. The number of hydrogen-bond acceptors (Lipinski definition) is 5. The van der Waals surface area contributed by atoms with Crippen LogP contribution in [-0.2, 0) is 16.9 Å². The maximum Gasteiger partial charge on any atom is 0.258 e. The van der Waals surface area contributed by atoms with Crippen molar-refractivity contribution in [3.05, 3.63) is 71.2 Å². The van der Waals surface area contributed by atoms with Crippen molar-refractivity contribution in [3.63, 3.8) is 0 Å². The van der Waals surface area contributed by atoms with Gasteiger partial charge in [-0.1, -0.05) is 6.92 Å². The van der Waals surface area contributed by atoms with E-state index in [1.807, 2.05) is 6.92 Å². The standard InChI is InChI=1S/C23H22FN3O4S/c1-4-31-22-9-7-17(32(29,30)5-2)11-20(22)21-14-26(3)23(28)18-8-6-16(10-19(18)21)27-13-15(24)12-25-27/h6-14H,4-5H2,1-3H3. The first-order valence-corrected chi connectivity index (χ1v) is 11.7. The van der Waals surface area contributed by atoms with E-state index >= 15 is 0 Å². The number of ether oxygens (including phenoxy) is 1. The van der Waals surface area contributed by atoms with Gasteiger partial charge in [0.25, 0.3) is 5.56 Å². The summed E-state index contributed by atoms with van der Waals surface area (Å²) in [5.74, 6) is -0.0212. The molecule has 0 radical (unpaired) electrons. The molecule has 166 valence electrons. The molecule has 0 spiro atoms. The minimum Gasteiger partial charge on any atom is -0.493 e. The van der Waals surface area contributed by atoms with Crippen LogP contribution in [0.5, 0.6) is 5.75 Å². The van der Waals surface area contributed by atoms with Crippen molar-refractivity contribution in [3.8, 4) is 22.6 Å². The van der Waals surface area contributed by atoms with Crippen molar-refractivity contribution in [2.24, 2.45) is 7.05 Å². The summed E-state index contributed by atoms with van der Waals surface area (Å²) < 4.78 is 47.2. The van der Waals surface area contributed by atoms with Crippen LogP contribution in [-0.4, -0.2) is 35.1 Å². The minimum absolute atomic E-state index is 0.0382. The molecule has 2 aromatic heterocycles. The molecule has 2 heterocycles. The summed E-state index contributed by atoms with van der Waals surface area (Å²) in [6, 6.07) is 9.80. The second-order valence-electron chi connectivity index (χ2n) is 7.29. The van der Waals surface area contributed by atoms with E-state index in [9.17, 15) is 17.6 Å². The van der Waals surface area contributed by atoms with Gasteiger partial charge in [-0.3, -0.25) is 4.79 Å². The SMILES string of the molecule is CCOc1ccc(S(=O)(=O)CC)cc1-c1cn(C)c(=O)c2ccc(-n3cc(F)cn3)cc12.